The van der Waals surface area contributed by atoms with Crippen molar-refractivity contribution in [3.05, 3.63) is 78.3 Å². The number of methoxy groups -OCH3 is 1. The lowest BCUT2D eigenvalue weighted by Gasteiger charge is -2.34. The van der Waals surface area contributed by atoms with Crippen LogP contribution in [0.3, 0.4) is 0 Å². The van der Waals surface area contributed by atoms with Gasteiger partial charge in [0.2, 0.25) is 5.95 Å². The van der Waals surface area contributed by atoms with E-state index in [1.165, 1.54) is 6.33 Å². The lowest BCUT2D eigenvalue weighted by Crippen LogP contribution is -2.38. The molecule has 2 heterocycles. The van der Waals surface area contributed by atoms with Gasteiger partial charge in [-0.05, 0) is 18.6 Å². The molecule has 8 heteroatoms. The molecule has 0 fully saturated rings. The molecule has 3 aromatic rings. The van der Waals surface area contributed by atoms with Crippen molar-refractivity contribution < 1.29 is 19.0 Å². The monoisotopic (exact) mass is 420 g/mol. The average molecular weight is 420 g/mol. The third kappa shape index (κ3) is 3.96. The number of nitrogens with one attached hydrogen (secondary N) is 1. The predicted octanol–water partition coefficient (Wildman–Crippen LogP) is 3.57. The summed E-state index contributed by atoms with van der Waals surface area (Å²) < 4.78 is 18.7. The van der Waals surface area contributed by atoms with Gasteiger partial charge in [0.1, 0.15) is 24.9 Å². The lowest BCUT2D eigenvalue weighted by atomic mass is 9.88. The number of anilines is 1. The van der Waals surface area contributed by atoms with Crippen LogP contribution in [-0.4, -0.2) is 34.5 Å². The first-order valence-electron chi connectivity index (χ1n) is 9.99. The highest BCUT2D eigenvalue weighted by Gasteiger charge is 2.42. The van der Waals surface area contributed by atoms with E-state index in [9.17, 15) is 4.79 Å². The molecule has 160 valence electrons. The standard InChI is InChI=1S/C23H24N4O4/c1-4-30-21-17(11-8-12-18(21)29-3)20-19(15(2)26-23-24-14-25-27(20)23)22(28)31-13-16-9-6-5-7-10-16/h5-12,14,19-20H,2,4,13H2,1,3H3,(H,24,25,26). The largest absolute Gasteiger partial charge is 0.493 e. The van der Waals surface area contributed by atoms with E-state index in [4.69, 9.17) is 14.2 Å². The Bertz CT molecular complexity index is 1080. The molecule has 0 bridgehead atoms. The number of hydrogen-bond acceptors (Lipinski definition) is 7. The summed E-state index contributed by atoms with van der Waals surface area (Å²) in [6, 6.07) is 14.5. The highest BCUT2D eigenvalue weighted by molar-refractivity contribution is 5.79. The van der Waals surface area contributed by atoms with Gasteiger partial charge in [0.05, 0.1) is 13.7 Å². The SMILES string of the molecule is C=C1Nc2ncnn2C(c2cccc(OC)c2OCC)C1C(=O)OCc1ccccc1. The second-order valence-electron chi connectivity index (χ2n) is 7.01. The van der Waals surface area contributed by atoms with Gasteiger partial charge in [-0.15, -0.1) is 0 Å². The number of para-hydroxylation sites is 1. The van der Waals surface area contributed by atoms with E-state index in [2.05, 4.69) is 22.0 Å². The minimum atomic E-state index is -0.746. The number of carbonyl (C=O) groups excluding carboxylic acids is 1. The third-order valence-electron chi connectivity index (χ3n) is 5.11. The maximum Gasteiger partial charge on any atom is 0.317 e. The molecule has 31 heavy (non-hydrogen) atoms. The van der Waals surface area contributed by atoms with Crippen LogP contribution in [0.1, 0.15) is 24.1 Å². The van der Waals surface area contributed by atoms with Gasteiger partial charge in [0.15, 0.2) is 11.5 Å². The Kier molecular flexibility index (Phi) is 5.88. The Hall–Kier alpha value is -3.81. The molecule has 4 rings (SSSR count). The highest BCUT2D eigenvalue weighted by Crippen LogP contribution is 2.44. The highest BCUT2D eigenvalue weighted by atomic mass is 16.5. The Morgan fingerprint density at radius 3 is 2.74 bits per heavy atom. The molecule has 1 aliphatic rings. The van der Waals surface area contributed by atoms with Crippen molar-refractivity contribution >= 4 is 11.9 Å². The second-order valence-corrected chi connectivity index (χ2v) is 7.01. The number of hydrogen-bond donors (Lipinski definition) is 1. The molecule has 0 saturated heterocycles. The molecule has 0 spiro atoms. The van der Waals surface area contributed by atoms with Crippen LogP contribution in [0.2, 0.25) is 0 Å². The van der Waals surface area contributed by atoms with Crippen molar-refractivity contribution in [2.24, 2.45) is 5.92 Å². The zero-order valence-corrected chi connectivity index (χ0v) is 17.4. The molecule has 1 N–H and O–H groups in total. The number of ether oxygens (including phenoxy) is 3. The Morgan fingerprint density at radius 1 is 1.19 bits per heavy atom. The summed E-state index contributed by atoms with van der Waals surface area (Å²) >= 11 is 0. The molecule has 2 aromatic carbocycles. The van der Waals surface area contributed by atoms with Gasteiger partial charge in [-0.1, -0.05) is 49.0 Å². The number of benzene rings is 2. The molecule has 0 radical (unpaired) electrons. The Balaban J connectivity index is 1.74. The van der Waals surface area contributed by atoms with Crippen LogP contribution in [0.5, 0.6) is 11.5 Å². The van der Waals surface area contributed by atoms with Crippen molar-refractivity contribution in [2.45, 2.75) is 19.6 Å². The molecule has 2 atom stereocenters. The second kappa shape index (κ2) is 8.91. The summed E-state index contributed by atoms with van der Waals surface area (Å²) in [7, 11) is 1.58. The molecular formula is C23H24N4O4. The van der Waals surface area contributed by atoms with E-state index in [0.717, 1.165) is 11.1 Å². The van der Waals surface area contributed by atoms with Crippen LogP contribution in [-0.2, 0) is 16.1 Å². The quantitative estimate of drug-likeness (QED) is 0.585. The van der Waals surface area contributed by atoms with E-state index in [0.29, 0.717) is 29.8 Å². The van der Waals surface area contributed by atoms with Crippen molar-refractivity contribution in [3.8, 4) is 11.5 Å². The van der Waals surface area contributed by atoms with Crippen LogP contribution < -0.4 is 14.8 Å². The van der Waals surface area contributed by atoms with Gasteiger partial charge in [0, 0.05) is 11.3 Å². The van der Waals surface area contributed by atoms with Crippen molar-refractivity contribution in [1.29, 1.82) is 0 Å². The summed E-state index contributed by atoms with van der Waals surface area (Å²) in [4.78, 5) is 17.5. The van der Waals surface area contributed by atoms with Crippen molar-refractivity contribution in [1.82, 2.24) is 14.8 Å². The number of rotatable bonds is 7. The molecule has 0 saturated carbocycles. The maximum atomic E-state index is 13.3. The number of aromatic nitrogens is 3. The van der Waals surface area contributed by atoms with E-state index >= 15 is 0 Å². The Labute approximate surface area is 180 Å². The number of carbonyl (C=O) groups is 1. The minimum absolute atomic E-state index is 0.164. The van der Waals surface area contributed by atoms with E-state index in [1.807, 2.05) is 55.5 Å². The van der Waals surface area contributed by atoms with E-state index < -0.39 is 17.9 Å². The van der Waals surface area contributed by atoms with Crippen LogP contribution in [0.25, 0.3) is 0 Å². The fourth-order valence-electron chi connectivity index (χ4n) is 3.72. The van der Waals surface area contributed by atoms with Crippen LogP contribution in [0.4, 0.5) is 5.95 Å². The van der Waals surface area contributed by atoms with Gasteiger partial charge in [-0.25, -0.2) is 4.68 Å². The van der Waals surface area contributed by atoms with Crippen LogP contribution >= 0.6 is 0 Å². The van der Waals surface area contributed by atoms with Crippen molar-refractivity contribution in [3.63, 3.8) is 0 Å². The lowest BCUT2D eigenvalue weighted by molar-refractivity contribution is -0.149. The maximum absolute atomic E-state index is 13.3. The van der Waals surface area contributed by atoms with Gasteiger partial charge in [-0.3, -0.25) is 4.79 Å². The molecule has 2 unspecified atom stereocenters. The number of esters is 1. The fraction of sp³-hybridized carbons (Fsp3) is 0.261. The summed E-state index contributed by atoms with van der Waals surface area (Å²) in [5.41, 5.74) is 2.12. The first-order chi connectivity index (χ1) is 15.1. The van der Waals surface area contributed by atoms with Gasteiger partial charge in [-0.2, -0.15) is 10.1 Å². The summed E-state index contributed by atoms with van der Waals surface area (Å²) in [6.07, 6.45) is 1.43. The zero-order chi connectivity index (χ0) is 21.8. The topological polar surface area (TPSA) is 87.5 Å². The fourth-order valence-corrected chi connectivity index (χ4v) is 3.72. The summed E-state index contributed by atoms with van der Waals surface area (Å²) in [5.74, 6) is 0.449. The molecule has 1 aliphatic heterocycles. The zero-order valence-electron chi connectivity index (χ0n) is 17.4. The van der Waals surface area contributed by atoms with Gasteiger partial charge < -0.3 is 19.5 Å². The number of fused-ring (bicyclic) bond motifs is 1. The average Bonchev–Trinajstić information content (AvgIpc) is 3.25. The molecule has 8 nitrogen and oxygen atoms in total. The Morgan fingerprint density at radius 2 is 2.00 bits per heavy atom. The first-order valence-corrected chi connectivity index (χ1v) is 9.99. The normalized spacial score (nSPS) is 17.4. The van der Waals surface area contributed by atoms with E-state index in [-0.39, 0.29) is 6.61 Å². The molecular weight excluding hydrogens is 396 g/mol. The summed E-state index contributed by atoms with van der Waals surface area (Å²) in [6.45, 7) is 6.57. The summed E-state index contributed by atoms with van der Waals surface area (Å²) in [5, 5.41) is 7.43. The van der Waals surface area contributed by atoms with Crippen LogP contribution in [0, 0.1) is 5.92 Å². The predicted molar refractivity (Wildman–Crippen MR) is 115 cm³/mol. The van der Waals surface area contributed by atoms with Crippen LogP contribution in [0.15, 0.2) is 67.1 Å². The molecule has 1 aromatic heterocycles. The van der Waals surface area contributed by atoms with Crippen molar-refractivity contribution in [2.75, 3.05) is 19.0 Å². The smallest absolute Gasteiger partial charge is 0.317 e. The van der Waals surface area contributed by atoms with Gasteiger partial charge in [0.25, 0.3) is 0 Å². The third-order valence-corrected chi connectivity index (χ3v) is 5.11. The number of nitrogens with zero attached hydrogens (tertiary/aromatic N) is 3. The van der Waals surface area contributed by atoms with E-state index in [1.54, 1.807) is 11.8 Å². The molecule has 0 aliphatic carbocycles. The minimum Gasteiger partial charge on any atom is -0.493 e. The van der Waals surface area contributed by atoms with Gasteiger partial charge >= 0.3 is 5.97 Å². The first kappa shape index (κ1) is 20.5. The molecule has 0 amide bonds.